The van der Waals surface area contributed by atoms with Crippen molar-refractivity contribution < 1.29 is 4.79 Å². The van der Waals surface area contributed by atoms with Gasteiger partial charge in [0.2, 0.25) is 5.91 Å². The Kier molecular flexibility index (Phi) is 4.28. The van der Waals surface area contributed by atoms with Gasteiger partial charge in [0, 0.05) is 19.1 Å². The molecule has 1 atom stereocenters. The third kappa shape index (κ3) is 2.86. The lowest BCUT2D eigenvalue weighted by atomic mass is 9.95. The first-order valence-electron chi connectivity index (χ1n) is 7.37. The summed E-state index contributed by atoms with van der Waals surface area (Å²) >= 11 is 0. The zero-order valence-corrected chi connectivity index (χ0v) is 11.8. The van der Waals surface area contributed by atoms with E-state index in [1.54, 1.807) is 0 Å². The minimum absolute atomic E-state index is 0.130. The van der Waals surface area contributed by atoms with Gasteiger partial charge in [0.15, 0.2) is 0 Å². The van der Waals surface area contributed by atoms with Crippen molar-refractivity contribution in [3.05, 3.63) is 0 Å². The lowest BCUT2D eigenvalue weighted by Crippen LogP contribution is -2.56. The molecule has 0 aliphatic carbocycles. The molecule has 18 heavy (non-hydrogen) atoms. The monoisotopic (exact) mass is 253 g/mol. The van der Waals surface area contributed by atoms with Gasteiger partial charge in [-0.1, -0.05) is 6.92 Å². The fourth-order valence-corrected chi connectivity index (χ4v) is 3.05. The highest BCUT2D eigenvalue weighted by atomic mass is 16.2. The fraction of sp³-hybridized carbons (Fsp3) is 0.929. The number of piperidine rings is 1. The Morgan fingerprint density at radius 1 is 1.22 bits per heavy atom. The molecule has 0 aromatic rings. The summed E-state index contributed by atoms with van der Waals surface area (Å²) in [6.45, 7) is 8.10. The number of likely N-dealkylation sites (tertiary alicyclic amines) is 2. The van der Waals surface area contributed by atoms with E-state index in [1.807, 2.05) is 18.7 Å². The van der Waals surface area contributed by atoms with Crippen LogP contribution in [0, 0.1) is 0 Å². The summed E-state index contributed by atoms with van der Waals surface area (Å²) in [4.78, 5) is 16.8. The highest BCUT2D eigenvalue weighted by molar-refractivity contribution is 5.85. The van der Waals surface area contributed by atoms with E-state index < -0.39 is 5.54 Å². The summed E-state index contributed by atoms with van der Waals surface area (Å²) in [5.74, 6) is 0.130. The molecule has 0 aromatic heterocycles. The molecule has 0 radical (unpaired) electrons. The summed E-state index contributed by atoms with van der Waals surface area (Å²) in [5, 5.41) is 0. The van der Waals surface area contributed by atoms with Crippen LogP contribution in [0.15, 0.2) is 0 Å². The van der Waals surface area contributed by atoms with Crippen LogP contribution in [0.3, 0.4) is 0 Å². The van der Waals surface area contributed by atoms with Crippen molar-refractivity contribution in [3.63, 3.8) is 0 Å². The molecule has 2 heterocycles. The number of amides is 1. The average molecular weight is 253 g/mol. The Hall–Kier alpha value is -0.610. The van der Waals surface area contributed by atoms with E-state index >= 15 is 0 Å². The lowest BCUT2D eigenvalue weighted by molar-refractivity contribution is -0.138. The van der Waals surface area contributed by atoms with Crippen LogP contribution in [0.1, 0.15) is 46.0 Å². The van der Waals surface area contributed by atoms with Gasteiger partial charge in [-0.2, -0.15) is 0 Å². The van der Waals surface area contributed by atoms with Crippen molar-refractivity contribution in [2.24, 2.45) is 5.73 Å². The first kappa shape index (κ1) is 13.8. The number of nitrogens with two attached hydrogens (primary N) is 1. The Balaban J connectivity index is 1.84. The molecule has 0 spiro atoms. The molecule has 4 nitrogen and oxygen atoms in total. The zero-order valence-electron chi connectivity index (χ0n) is 11.8. The number of carbonyl (C=O) groups is 1. The fourth-order valence-electron chi connectivity index (χ4n) is 3.05. The minimum atomic E-state index is -0.680. The van der Waals surface area contributed by atoms with Crippen molar-refractivity contribution >= 4 is 5.91 Å². The summed E-state index contributed by atoms with van der Waals surface area (Å²) < 4.78 is 0. The Morgan fingerprint density at radius 3 is 2.28 bits per heavy atom. The van der Waals surface area contributed by atoms with Gasteiger partial charge in [-0.25, -0.2) is 0 Å². The van der Waals surface area contributed by atoms with Crippen LogP contribution in [0.5, 0.6) is 0 Å². The third-order valence-corrected chi connectivity index (χ3v) is 4.63. The van der Waals surface area contributed by atoms with Gasteiger partial charge in [0.1, 0.15) is 0 Å². The van der Waals surface area contributed by atoms with Crippen molar-refractivity contribution in [1.82, 2.24) is 9.80 Å². The normalized spacial score (nSPS) is 26.3. The molecular weight excluding hydrogens is 226 g/mol. The van der Waals surface area contributed by atoms with Crippen molar-refractivity contribution in [1.29, 1.82) is 0 Å². The number of rotatable bonds is 3. The maximum absolute atomic E-state index is 12.3. The molecule has 2 fully saturated rings. The standard InChI is InChI=1S/C14H27N3O/c1-3-14(2,15)13(18)17-10-6-12(7-11-17)16-8-4-5-9-16/h12H,3-11,15H2,1-2H3. The Morgan fingerprint density at radius 2 is 1.78 bits per heavy atom. The zero-order chi connectivity index (χ0) is 13.2. The maximum atomic E-state index is 12.3. The van der Waals surface area contributed by atoms with Crippen molar-refractivity contribution in [2.45, 2.75) is 57.5 Å². The smallest absolute Gasteiger partial charge is 0.242 e. The Labute approximate surface area is 110 Å². The van der Waals surface area contributed by atoms with Crippen LogP contribution < -0.4 is 5.73 Å². The molecule has 1 amide bonds. The molecule has 2 N–H and O–H groups in total. The molecule has 2 aliphatic heterocycles. The SMILES string of the molecule is CCC(C)(N)C(=O)N1CCC(N2CCCC2)CC1. The van der Waals surface area contributed by atoms with E-state index in [-0.39, 0.29) is 5.91 Å². The molecule has 4 heteroatoms. The first-order valence-corrected chi connectivity index (χ1v) is 7.37. The van der Waals surface area contributed by atoms with E-state index in [0.29, 0.717) is 12.5 Å². The number of hydrogen-bond acceptors (Lipinski definition) is 3. The molecule has 2 rings (SSSR count). The largest absolute Gasteiger partial charge is 0.341 e. The van der Waals surface area contributed by atoms with Crippen LogP contribution in [0.25, 0.3) is 0 Å². The highest BCUT2D eigenvalue weighted by Crippen LogP contribution is 2.22. The van der Waals surface area contributed by atoms with E-state index in [0.717, 1.165) is 25.9 Å². The minimum Gasteiger partial charge on any atom is -0.341 e. The molecule has 1 unspecified atom stereocenters. The quantitative estimate of drug-likeness (QED) is 0.822. The average Bonchev–Trinajstić information content (AvgIpc) is 2.92. The second kappa shape index (κ2) is 5.57. The van der Waals surface area contributed by atoms with Crippen LogP contribution in [-0.4, -0.2) is 53.5 Å². The van der Waals surface area contributed by atoms with E-state index in [2.05, 4.69) is 4.90 Å². The van der Waals surface area contributed by atoms with Gasteiger partial charge >= 0.3 is 0 Å². The number of carbonyl (C=O) groups excluding carboxylic acids is 1. The molecule has 0 saturated carbocycles. The predicted molar refractivity (Wildman–Crippen MR) is 73.3 cm³/mol. The van der Waals surface area contributed by atoms with Crippen LogP contribution >= 0.6 is 0 Å². The van der Waals surface area contributed by atoms with Crippen molar-refractivity contribution in [2.75, 3.05) is 26.2 Å². The van der Waals surface area contributed by atoms with E-state index in [1.165, 1.54) is 25.9 Å². The summed E-state index contributed by atoms with van der Waals surface area (Å²) in [5.41, 5.74) is 5.37. The van der Waals surface area contributed by atoms with Gasteiger partial charge in [0.05, 0.1) is 5.54 Å². The van der Waals surface area contributed by atoms with Crippen LogP contribution in [-0.2, 0) is 4.79 Å². The summed E-state index contributed by atoms with van der Waals surface area (Å²) in [6.07, 6.45) is 5.63. The molecule has 104 valence electrons. The topological polar surface area (TPSA) is 49.6 Å². The van der Waals surface area contributed by atoms with Gasteiger partial charge in [-0.15, -0.1) is 0 Å². The summed E-state index contributed by atoms with van der Waals surface area (Å²) in [7, 11) is 0. The summed E-state index contributed by atoms with van der Waals surface area (Å²) in [6, 6.07) is 0.696. The number of hydrogen-bond donors (Lipinski definition) is 1. The Bertz CT molecular complexity index is 289. The number of nitrogens with zero attached hydrogens (tertiary/aromatic N) is 2. The van der Waals surface area contributed by atoms with Crippen LogP contribution in [0.4, 0.5) is 0 Å². The van der Waals surface area contributed by atoms with Gasteiger partial charge in [-0.3, -0.25) is 4.79 Å². The van der Waals surface area contributed by atoms with Gasteiger partial charge < -0.3 is 15.5 Å². The lowest BCUT2D eigenvalue weighted by Gasteiger charge is -2.39. The molecule has 2 saturated heterocycles. The van der Waals surface area contributed by atoms with E-state index in [9.17, 15) is 4.79 Å². The molecule has 2 aliphatic rings. The highest BCUT2D eigenvalue weighted by Gasteiger charge is 2.34. The van der Waals surface area contributed by atoms with E-state index in [4.69, 9.17) is 5.73 Å². The first-order chi connectivity index (χ1) is 8.54. The maximum Gasteiger partial charge on any atom is 0.242 e. The van der Waals surface area contributed by atoms with Gasteiger partial charge in [-0.05, 0) is 52.1 Å². The molecule has 0 bridgehead atoms. The molecular formula is C14H27N3O. The van der Waals surface area contributed by atoms with Crippen LogP contribution in [0.2, 0.25) is 0 Å². The second-order valence-electron chi connectivity index (χ2n) is 6.04. The van der Waals surface area contributed by atoms with Gasteiger partial charge in [0.25, 0.3) is 0 Å². The predicted octanol–water partition coefficient (Wildman–Crippen LogP) is 1.20. The second-order valence-corrected chi connectivity index (χ2v) is 6.04. The van der Waals surface area contributed by atoms with Crippen molar-refractivity contribution in [3.8, 4) is 0 Å². The molecule has 0 aromatic carbocycles. The third-order valence-electron chi connectivity index (χ3n) is 4.63.